The predicted octanol–water partition coefficient (Wildman–Crippen LogP) is 1.56. The van der Waals surface area contributed by atoms with Crippen molar-refractivity contribution in [2.24, 2.45) is 0 Å². The number of hydrogen-bond donors (Lipinski definition) is 2. The Hall–Kier alpha value is -1.91. The smallest absolute Gasteiger partial charge is 0.245 e. The van der Waals surface area contributed by atoms with Gasteiger partial charge in [0, 0.05) is 19.3 Å². The van der Waals surface area contributed by atoms with Crippen LogP contribution in [0.5, 0.6) is 0 Å². The first-order chi connectivity index (χ1) is 8.86. The molecule has 0 spiro atoms. The zero-order chi connectivity index (χ0) is 14.5. The van der Waals surface area contributed by atoms with Gasteiger partial charge in [0.25, 0.3) is 0 Å². The van der Waals surface area contributed by atoms with Gasteiger partial charge in [-0.2, -0.15) is 0 Å². The fraction of sp³-hybridized carbons (Fsp3) is 0.500. The molecule has 19 heavy (non-hydrogen) atoms. The van der Waals surface area contributed by atoms with E-state index in [1.165, 1.54) is 6.92 Å². The molecule has 0 saturated heterocycles. The molecule has 1 atom stereocenters. The molecule has 0 bridgehead atoms. The lowest BCUT2D eigenvalue weighted by Gasteiger charge is -2.27. The molecule has 0 aliphatic rings. The summed E-state index contributed by atoms with van der Waals surface area (Å²) in [6.07, 6.45) is 4.16. The van der Waals surface area contributed by atoms with Crippen LogP contribution in [0.25, 0.3) is 0 Å². The van der Waals surface area contributed by atoms with Crippen LogP contribution in [0, 0.1) is 0 Å². The highest BCUT2D eigenvalue weighted by Crippen LogP contribution is 2.16. The average Bonchev–Trinajstić information content (AvgIpc) is 2.35. The Bertz CT molecular complexity index is 443. The summed E-state index contributed by atoms with van der Waals surface area (Å²) in [5.41, 5.74) is 0.0798. The molecule has 0 aliphatic carbocycles. The van der Waals surface area contributed by atoms with E-state index in [2.05, 4.69) is 15.6 Å². The Labute approximate surface area is 113 Å². The van der Waals surface area contributed by atoms with E-state index in [1.54, 1.807) is 26.2 Å². The molecule has 5 nitrogen and oxygen atoms in total. The van der Waals surface area contributed by atoms with E-state index in [0.29, 0.717) is 0 Å². The van der Waals surface area contributed by atoms with Crippen molar-refractivity contribution in [1.82, 2.24) is 15.6 Å². The number of hydrogen-bond acceptors (Lipinski definition) is 3. The molecular weight excluding hydrogens is 242 g/mol. The monoisotopic (exact) mass is 263 g/mol. The molecule has 1 rings (SSSR count). The zero-order valence-electron chi connectivity index (χ0n) is 11.9. The molecule has 1 aromatic heterocycles. The summed E-state index contributed by atoms with van der Waals surface area (Å²) >= 11 is 0. The summed E-state index contributed by atoms with van der Waals surface area (Å²) < 4.78 is 0. The third kappa shape index (κ3) is 4.35. The molecule has 104 valence electrons. The van der Waals surface area contributed by atoms with Crippen LogP contribution in [0.4, 0.5) is 0 Å². The Balaban J connectivity index is 2.76. The van der Waals surface area contributed by atoms with E-state index in [0.717, 1.165) is 12.0 Å². The third-order valence-corrected chi connectivity index (χ3v) is 2.88. The van der Waals surface area contributed by atoms with Gasteiger partial charge in [0.1, 0.15) is 5.54 Å². The normalized spacial score (nSPS) is 12.6. The van der Waals surface area contributed by atoms with Gasteiger partial charge >= 0.3 is 0 Å². The number of nitrogens with zero attached hydrogens (tertiary/aromatic N) is 1. The van der Waals surface area contributed by atoms with Gasteiger partial charge in [-0.1, -0.05) is 6.92 Å². The predicted molar refractivity (Wildman–Crippen MR) is 73.3 cm³/mol. The van der Waals surface area contributed by atoms with Gasteiger partial charge in [-0.05, 0) is 38.0 Å². The summed E-state index contributed by atoms with van der Waals surface area (Å²) in [5.74, 6) is -0.427. The van der Waals surface area contributed by atoms with Gasteiger partial charge in [0.05, 0.1) is 6.04 Å². The van der Waals surface area contributed by atoms with Crippen LogP contribution < -0.4 is 10.6 Å². The van der Waals surface area contributed by atoms with Crippen LogP contribution >= 0.6 is 0 Å². The number of nitrogens with one attached hydrogen (secondary N) is 2. The summed E-state index contributed by atoms with van der Waals surface area (Å²) in [6, 6.07) is 3.67. The first kappa shape index (κ1) is 15.1. The van der Waals surface area contributed by atoms with Crippen molar-refractivity contribution in [2.45, 2.75) is 45.7 Å². The molecule has 0 saturated carbocycles. The molecule has 2 amide bonds. The first-order valence-corrected chi connectivity index (χ1v) is 6.36. The van der Waals surface area contributed by atoms with Crippen LogP contribution in [0.1, 0.15) is 45.7 Å². The molecule has 0 aliphatic heterocycles. The lowest BCUT2D eigenvalue weighted by Crippen LogP contribution is -2.54. The van der Waals surface area contributed by atoms with Crippen molar-refractivity contribution < 1.29 is 9.59 Å². The number of carbonyl (C=O) groups excluding carboxylic acids is 2. The third-order valence-electron chi connectivity index (χ3n) is 2.88. The van der Waals surface area contributed by atoms with Crippen LogP contribution in [-0.2, 0) is 9.59 Å². The molecule has 5 heteroatoms. The van der Waals surface area contributed by atoms with Gasteiger partial charge in [0.15, 0.2) is 0 Å². The van der Waals surface area contributed by atoms with Crippen molar-refractivity contribution in [3.05, 3.63) is 30.1 Å². The van der Waals surface area contributed by atoms with E-state index < -0.39 is 5.54 Å². The van der Waals surface area contributed by atoms with Gasteiger partial charge < -0.3 is 10.6 Å². The minimum absolute atomic E-state index is 0.0801. The van der Waals surface area contributed by atoms with Crippen molar-refractivity contribution in [3.63, 3.8) is 0 Å². The minimum atomic E-state index is -0.924. The molecule has 1 heterocycles. The summed E-state index contributed by atoms with van der Waals surface area (Å²) in [7, 11) is 0. The number of carbonyl (C=O) groups is 2. The maximum Gasteiger partial charge on any atom is 0.245 e. The van der Waals surface area contributed by atoms with E-state index in [1.807, 2.05) is 19.1 Å². The summed E-state index contributed by atoms with van der Waals surface area (Å²) in [5, 5.41) is 5.58. The summed E-state index contributed by atoms with van der Waals surface area (Å²) in [6.45, 7) is 6.76. The van der Waals surface area contributed by atoms with Gasteiger partial charge in [0.2, 0.25) is 11.8 Å². The quantitative estimate of drug-likeness (QED) is 0.847. The maximum atomic E-state index is 12.2. The van der Waals surface area contributed by atoms with Gasteiger partial charge in [-0.3, -0.25) is 14.6 Å². The number of aromatic nitrogens is 1. The Kier molecular flexibility index (Phi) is 5.03. The second-order valence-electron chi connectivity index (χ2n) is 5.02. The van der Waals surface area contributed by atoms with Crippen LogP contribution in [-0.4, -0.2) is 22.3 Å². The highest BCUT2D eigenvalue weighted by molar-refractivity contribution is 5.90. The number of amides is 2. The molecular formula is C14H21N3O2. The first-order valence-electron chi connectivity index (χ1n) is 6.36. The Morgan fingerprint density at radius 2 is 1.89 bits per heavy atom. The van der Waals surface area contributed by atoms with Crippen LogP contribution in [0.2, 0.25) is 0 Å². The highest BCUT2D eigenvalue weighted by atomic mass is 16.2. The van der Waals surface area contributed by atoms with E-state index in [4.69, 9.17) is 0 Å². The van der Waals surface area contributed by atoms with Crippen molar-refractivity contribution in [2.75, 3.05) is 0 Å². The molecule has 1 unspecified atom stereocenters. The minimum Gasteiger partial charge on any atom is -0.347 e. The van der Waals surface area contributed by atoms with Crippen molar-refractivity contribution >= 4 is 11.8 Å². The van der Waals surface area contributed by atoms with E-state index in [9.17, 15) is 9.59 Å². The van der Waals surface area contributed by atoms with E-state index in [-0.39, 0.29) is 17.9 Å². The molecule has 2 N–H and O–H groups in total. The molecule has 0 radical (unpaired) electrons. The van der Waals surface area contributed by atoms with Crippen molar-refractivity contribution in [1.29, 1.82) is 0 Å². The second kappa shape index (κ2) is 6.31. The lowest BCUT2D eigenvalue weighted by molar-refractivity contribution is -0.132. The second-order valence-corrected chi connectivity index (χ2v) is 5.02. The van der Waals surface area contributed by atoms with Gasteiger partial charge in [-0.15, -0.1) is 0 Å². The zero-order valence-corrected chi connectivity index (χ0v) is 11.9. The van der Waals surface area contributed by atoms with Gasteiger partial charge in [-0.25, -0.2) is 0 Å². The maximum absolute atomic E-state index is 12.2. The molecule has 1 aromatic rings. The molecule has 0 fully saturated rings. The lowest BCUT2D eigenvalue weighted by atomic mass is 10.0. The number of pyridine rings is 1. The van der Waals surface area contributed by atoms with Crippen molar-refractivity contribution in [3.8, 4) is 0 Å². The Morgan fingerprint density at radius 1 is 1.32 bits per heavy atom. The largest absolute Gasteiger partial charge is 0.347 e. The number of rotatable bonds is 5. The standard InChI is InChI=1S/C14H21N3O2/c1-5-12(11-6-8-15-9-7-11)16-13(19)14(3,4)17-10(2)18/h6-9,12H,5H2,1-4H3,(H,16,19)(H,17,18). The Morgan fingerprint density at radius 3 is 2.37 bits per heavy atom. The SMILES string of the molecule is CCC(NC(=O)C(C)(C)NC(C)=O)c1ccncc1. The fourth-order valence-corrected chi connectivity index (χ4v) is 1.85. The fourth-order valence-electron chi connectivity index (χ4n) is 1.85. The molecule has 0 aromatic carbocycles. The van der Waals surface area contributed by atoms with E-state index >= 15 is 0 Å². The van der Waals surface area contributed by atoms with Crippen LogP contribution in [0.15, 0.2) is 24.5 Å². The highest BCUT2D eigenvalue weighted by Gasteiger charge is 2.29. The topological polar surface area (TPSA) is 71.1 Å². The summed E-state index contributed by atoms with van der Waals surface area (Å²) in [4.78, 5) is 27.3. The van der Waals surface area contributed by atoms with Crippen LogP contribution in [0.3, 0.4) is 0 Å². The average molecular weight is 263 g/mol.